The molecule has 10 nitrogen and oxygen atoms in total. The normalized spacial score (nSPS) is 35.7. The van der Waals surface area contributed by atoms with E-state index in [1.54, 1.807) is 0 Å². The Labute approximate surface area is 134 Å². The number of phosphoric ester groups is 1. The van der Waals surface area contributed by atoms with E-state index < -0.39 is 50.9 Å². The molecule has 1 saturated carbocycles. The van der Waals surface area contributed by atoms with Gasteiger partial charge < -0.3 is 34.8 Å². The zero-order valence-electron chi connectivity index (χ0n) is 13.0. The Bertz CT molecular complexity index is 394. The highest BCUT2D eigenvalue weighted by Crippen LogP contribution is 2.48. The van der Waals surface area contributed by atoms with Gasteiger partial charge in [-0.2, -0.15) is 0 Å². The molecule has 0 saturated heterocycles. The second kappa shape index (κ2) is 9.38. The number of methoxy groups -OCH3 is 2. The predicted molar refractivity (Wildman–Crippen MR) is 76.5 cm³/mol. The predicted octanol–water partition coefficient (Wildman–Crippen LogP) is -1.76. The highest BCUT2D eigenvalue weighted by Gasteiger charge is 2.45. The molecule has 23 heavy (non-hydrogen) atoms. The van der Waals surface area contributed by atoms with Crippen molar-refractivity contribution in [3.63, 3.8) is 0 Å². The number of phosphoric acid groups is 1. The van der Waals surface area contributed by atoms with Gasteiger partial charge in [-0.05, 0) is 0 Å². The Hall–Kier alpha value is -0.130. The summed E-state index contributed by atoms with van der Waals surface area (Å²) in [4.78, 5) is 9.74. The first-order valence-electron chi connectivity index (χ1n) is 7.08. The van der Waals surface area contributed by atoms with Gasteiger partial charge in [0.05, 0.1) is 38.1 Å². The number of hydrogen-bond acceptors (Lipinski definition) is 9. The summed E-state index contributed by atoms with van der Waals surface area (Å²) < 4.78 is 31.5. The summed E-state index contributed by atoms with van der Waals surface area (Å²) >= 11 is 0. The second-order valence-corrected chi connectivity index (χ2v) is 6.76. The monoisotopic (exact) mass is 360 g/mol. The molecule has 1 aliphatic rings. The fourth-order valence-corrected chi connectivity index (χ4v) is 3.35. The summed E-state index contributed by atoms with van der Waals surface area (Å²) in [7, 11) is -1.71. The van der Waals surface area contributed by atoms with Crippen LogP contribution in [-0.2, 0) is 23.1 Å². The topological polar surface area (TPSA) is 155 Å². The van der Waals surface area contributed by atoms with Gasteiger partial charge in [-0.15, -0.1) is 0 Å². The van der Waals surface area contributed by atoms with Gasteiger partial charge in [-0.1, -0.05) is 0 Å². The first kappa shape index (κ1) is 20.9. The van der Waals surface area contributed by atoms with Crippen LogP contribution in [0.15, 0.2) is 0 Å². The largest absolute Gasteiger partial charge is 0.472 e. The third-order valence-corrected chi connectivity index (χ3v) is 4.74. The second-order valence-electron chi connectivity index (χ2n) is 5.35. The Morgan fingerprint density at radius 3 is 2.35 bits per heavy atom. The van der Waals surface area contributed by atoms with Gasteiger partial charge in [0.15, 0.2) is 0 Å². The molecule has 0 bridgehead atoms. The lowest BCUT2D eigenvalue weighted by Crippen LogP contribution is -2.54. The van der Waals surface area contributed by atoms with Gasteiger partial charge in [0.2, 0.25) is 0 Å². The lowest BCUT2D eigenvalue weighted by molar-refractivity contribution is -0.156. The van der Waals surface area contributed by atoms with Crippen LogP contribution in [0, 0.1) is 5.92 Å². The third-order valence-electron chi connectivity index (χ3n) is 3.72. The molecular weight excluding hydrogens is 335 g/mol. The van der Waals surface area contributed by atoms with Gasteiger partial charge in [-0.3, -0.25) is 9.05 Å². The van der Waals surface area contributed by atoms with Crippen molar-refractivity contribution in [2.24, 2.45) is 5.92 Å². The molecular formula is C12H25O10P. The van der Waals surface area contributed by atoms with Crippen molar-refractivity contribution in [1.82, 2.24) is 0 Å². The van der Waals surface area contributed by atoms with Gasteiger partial charge in [0.25, 0.3) is 0 Å². The third kappa shape index (κ3) is 6.02. The molecule has 11 heteroatoms. The van der Waals surface area contributed by atoms with Gasteiger partial charge >= 0.3 is 7.82 Å². The zero-order chi connectivity index (χ0) is 17.6. The molecule has 1 aliphatic carbocycles. The quantitative estimate of drug-likeness (QED) is 0.299. The van der Waals surface area contributed by atoms with E-state index >= 15 is 0 Å². The highest BCUT2D eigenvalue weighted by atomic mass is 31.2. The molecule has 7 atom stereocenters. The van der Waals surface area contributed by atoms with E-state index in [9.17, 15) is 29.9 Å². The maximum absolute atomic E-state index is 12.0. The average Bonchev–Trinajstić information content (AvgIpc) is 2.49. The number of ether oxygens (including phenoxy) is 2. The van der Waals surface area contributed by atoms with Crippen molar-refractivity contribution >= 4 is 7.82 Å². The number of aliphatic hydroxyl groups is 4. The summed E-state index contributed by atoms with van der Waals surface area (Å²) in [5.74, 6) is -1.03. The van der Waals surface area contributed by atoms with Crippen molar-refractivity contribution < 1.29 is 48.4 Å². The molecule has 0 aliphatic heterocycles. The smallest absolute Gasteiger partial charge is 0.396 e. The molecule has 5 N–H and O–H groups in total. The maximum atomic E-state index is 12.0. The summed E-state index contributed by atoms with van der Waals surface area (Å²) in [5.41, 5.74) is 0. The molecule has 0 radical (unpaired) electrons. The minimum absolute atomic E-state index is 0.142. The fraction of sp³-hybridized carbons (Fsp3) is 1.00. The molecule has 7 unspecified atom stereocenters. The summed E-state index contributed by atoms with van der Waals surface area (Å²) in [6, 6.07) is 0. The maximum Gasteiger partial charge on any atom is 0.472 e. The van der Waals surface area contributed by atoms with E-state index in [0.29, 0.717) is 0 Å². The molecule has 0 aromatic heterocycles. The van der Waals surface area contributed by atoms with Crippen LogP contribution in [0.4, 0.5) is 0 Å². The molecule has 0 heterocycles. The number of rotatable bonds is 9. The van der Waals surface area contributed by atoms with Crippen LogP contribution >= 0.6 is 7.82 Å². The van der Waals surface area contributed by atoms with E-state index in [0.717, 1.165) is 0 Å². The highest BCUT2D eigenvalue weighted by molar-refractivity contribution is 7.47. The summed E-state index contributed by atoms with van der Waals surface area (Å²) in [5, 5.41) is 38.3. The minimum Gasteiger partial charge on any atom is -0.396 e. The Balaban J connectivity index is 2.65. The molecule has 1 fully saturated rings. The van der Waals surface area contributed by atoms with Crippen LogP contribution < -0.4 is 0 Å². The molecule has 0 spiro atoms. The first-order valence-corrected chi connectivity index (χ1v) is 8.57. The van der Waals surface area contributed by atoms with Gasteiger partial charge in [0.1, 0.15) is 12.2 Å². The van der Waals surface area contributed by atoms with Crippen LogP contribution in [0.25, 0.3) is 0 Å². The van der Waals surface area contributed by atoms with Crippen molar-refractivity contribution in [3.05, 3.63) is 0 Å². The average molecular weight is 360 g/mol. The number of aliphatic hydroxyl groups excluding tert-OH is 4. The van der Waals surface area contributed by atoms with Gasteiger partial charge in [0, 0.05) is 26.6 Å². The van der Waals surface area contributed by atoms with Crippen molar-refractivity contribution in [2.75, 3.05) is 34.0 Å². The molecule has 0 aromatic carbocycles. The van der Waals surface area contributed by atoms with E-state index in [1.165, 1.54) is 14.2 Å². The van der Waals surface area contributed by atoms with E-state index in [4.69, 9.17) is 18.5 Å². The molecule has 1 rings (SSSR count). The molecule has 0 aromatic rings. The molecule has 138 valence electrons. The van der Waals surface area contributed by atoms with Crippen LogP contribution in [0.2, 0.25) is 0 Å². The van der Waals surface area contributed by atoms with Crippen LogP contribution in [0.5, 0.6) is 0 Å². The van der Waals surface area contributed by atoms with Crippen molar-refractivity contribution in [3.8, 4) is 0 Å². The number of hydrogen-bond donors (Lipinski definition) is 5. The fourth-order valence-electron chi connectivity index (χ4n) is 2.35. The van der Waals surface area contributed by atoms with Crippen LogP contribution in [0.3, 0.4) is 0 Å². The Morgan fingerprint density at radius 2 is 1.83 bits per heavy atom. The van der Waals surface area contributed by atoms with E-state index in [1.807, 2.05) is 0 Å². The standard InChI is InChI=1S/C12H25O10P/c1-19-5-7(20-2)6-21-23(17,18)22-10-3-9(14)12(16)11(15)8(10)4-13/h7-16H,3-6H2,1-2H3,(H,17,18). The van der Waals surface area contributed by atoms with Crippen molar-refractivity contribution in [1.29, 1.82) is 0 Å². The first-order chi connectivity index (χ1) is 10.8. The lowest BCUT2D eigenvalue weighted by Gasteiger charge is -2.40. The zero-order valence-corrected chi connectivity index (χ0v) is 13.9. The summed E-state index contributed by atoms with van der Waals surface area (Å²) in [6.45, 7) is -0.731. The van der Waals surface area contributed by atoms with Crippen LogP contribution in [-0.4, -0.2) is 89.9 Å². The van der Waals surface area contributed by atoms with Crippen molar-refractivity contribution in [2.45, 2.75) is 36.9 Å². The van der Waals surface area contributed by atoms with E-state index in [-0.39, 0.29) is 19.6 Å². The molecule has 0 amide bonds. The Kier molecular flexibility index (Phi) is 8.53. The SMILES string of the molecule is COCC(COP(=O)(O)OC1CC(O)C(O)C(O)C1CO)OC. The van der Waals surface area contributed by atoms with Crippen LogP contribution in [0.1, 0.15) is 6.42 Å². The minimum atomic E-state index is -4.53. The van der Waals surface area contributed by atoms with Gasteiger partial charge in [-0.25, -0.2) is 4.57 Å². The Morgan fingerprint density at radius 1 is 1.17 bits per heavy atom. The summed E-state index contributed by atoms with van der Waals surface area (Å²) in [6.07, 6.45) is -6.28. The lowest BCUT2D eigenvalue weighted by atomic mass is 9.81. The van der Waals surface area contributed by atoms with E-state index in [2.05, 4.69) is 0 Å².